The highest BCUT2D eigenvalue weighted by atomic mass is 35.5. The Kier molecular flexibility index (Phi) is 10.4. The number of sulfonamides is 1. The number of rotatable bonds is 12. The third kappa shape index (κ3) is 7.78. The highest BCUT2D eigenvalue weighted by molar-refractivity contribution is 7.92. The maximum absolute atomic E-state index is 14.3. The summed E-state index contributed by atoms with van der Waals surface area (Å²) in [6, 6.07) is 30.5. The molecule has 0 bridgehead atoms. The molecule has 0 aliphatic rings. The van der Waals surface area contributed by atoms with Crippen LogP contribution in [0.5, 0.6) is 0 Å². The summed E-state index contributed by atoms with van der Waals surface area (Å²) in [5.74, 6) is -0.855. The van der Waals surface area contributed by atoms with Gasteiger partial charge >= 0.3 is 0 Å². The van der Waals surface area contributed by atoms with Crippen molar-refractivity contribution in [2.75, 3.05) is 17.4 Å². The lowest BCUT2D eigenvalue weighted by atomic mass is 10.0. The number of benzene rings is 4. The number of halogens is 1. The molecule has 7 nitrogen and oxygen atoms in total. The lowest BCUT2D eigenvalue weighted by Crippen LogP contribution is -2.53. The van der Waals surface area contributed by atoms with E-state index >= 15 is 0 Å². The van der Waals surface area contributed by atoms with Gasteiger partial charge in [0.2, 0.25) is 11.8 Å². The number of nitrogens with zero attached hydrogens (tertiary/aromatic N) is 2. The number of hydrogen-bond donors (Lipinski definition) is 1. The van der Waals surface area contributed by atoms with Crippen molar-refractivity contribution in [2.24, 2.45) is 0 Å². The topological polar surface area (TPSA) is 86.8 Å². The molecule has 42 heavy (non-hydrogen) atoms. The molecule has 0 saturated heterocycles. The molecule has 4 rings (SSSR count). The van der Waals surface area contributed by atoms with Crippen LogP contribution in [0.2, 0.25) is 5.02 Å². The molecule has 4 aromatic carbocycles. The lowest BCUT2D eigenvalue weighted by Gasteiger charge is -2.34. The van der Waals surface area contributed by atoms with Crippen molar-refractivity contribution in [1.29, 1.82) is 0 Å². The van der Waals surface area contributed by atoms with Crippen LogP contribution in [0.15, 0.2) is 114 Å². The number of nitrogens with one attached hydrogen (secondary N) is 1. The summed E-state index contributed by atoms with van der Waals surface area (Å²) in [7, 11) is -4.13. The van der Waals surface area contributed by atoms with Crippen LogP contribution >= 0.6 is 11.6 Å². The molecule has 2 amide bonds. The van der Waals surface area contributed by atoms with Gasteiger partial charge in [0.15, 0.2) is 0 Å². The van der Waals surface area contributed by atoms with E-state index in [0.29, 0.717) is 22.8 Å². The molecule has 0 aliphatic heterocycles. The van der Waals surface area contributed by atoms with Gasteiger partial charge in [-0.3, -0.25) is 13.9 Å². The van der Waals surface area contributed by atoms with Crippen molar-refractivity contribution >= 4 is 39.1 Å². The first-order chi connectivity index (χ1) is 20.2. The number of carbonyl (C=O) groups excluding carboxylic acids is 2. The lowest BCUT2D eigenvalue weighted by molar-refractivity contribution is -0.140. The summed E-state index contributed by atoms with van der Waals surface area (Å²) < 4.78 is 29.0. The van der Waals surface area contributed by atoms with Gasteiger partial charge in [0.05, 0.1) is 10.6 Å². The van der Waals surface area contributed by atoms with Crippen LogP contribution in [0.3, 0.4) is 0 Å². The third-order valence-electron chi connectivity index (χ3n) is 6.80. The summed E-state index contributed by atoms with van der Waals surface area (Å²) in [5, 5.41) is 3.35. The Hall–Kier alpha value is -4.14. The minimum Gasteiger partial charge on any atom is -0.355 e. The molecule has 0 aliphatic carbocycles. The van der Waals surface area contributed by atoms with E-state index in [1.165, 1.54) is 17.0 Å². The van der Waals surface area contributed by atoms with Crippen molar-refractivity contribution in [3.8, 4) is 0 Å². The summed E-state index contributed by atoms with van der Waals surface area (Å²) in [4.78, 5) is 29.3. The van der Waals surface area contributed by atoms with E-state index in [2.05, 4.69) is 5.32 Å². The number of amides is 2. The number of hydrogen-bond acceptors (Lipinski definition) is 4. The average Bonchev–Trinajstić information content (AvgIpc) is 2.99. The van der Waals surface area contributed by atoms with E-state index < -0.39 is 28.5 Å². The maximum atomic E-state index is 14.3. The van der Waals surface area contributed by atoms with Gasteiger partial charge in [-0.05, 0) is 61.4 Å². The minimum atomic E-state index is -4.13. The van der Waals surface area contributed by atoms with Gasteiger partial charge in [0, 0.05) is 24.5 Å². The zero-order valence-corrected chi connectivity index (χ0v) is 25.2. The van der Waals surface area contributed by atoms with E-state index in [1.54, 1.807) is 60.7 Å². The molecule has 218 valence electrons. The first-order valence-corrected chi connectivity index (χ1v) is 15.5. The van der Waals surface area contributed by atoms with Gasteiger partial charge in [0.1, 0.15) is 12.6 Å². The first kappa shape index (κ1) is 30.8. The monoisotopic (exact) mass is 603 g/mol. The molecule has 9 heteroatoms. The van der Waals surface area contributed by atoms with Crippen molar-refractivity contribution in [2.45, 2.75) is 37.8 Å². The molecule has 0 aromatic heterocycles. The highest BCUT2D eigenvalue weighted by Gasteiger charge is 2.34. The van der Waals surface area contributed by atoms with Crippen molar-refractivity contribution < 1.29 is 18.0 Å². The van der Waals surface area contributed by atoms with Gasteiger partial charge in [-0.15, -0.1) is 0 Å². The first-order valence-electron chi connectivity index (χ1n) is 13.7. The van der Waals surface area contributed by atoms with Crippen LogP contribution in [0, 0.1) is 6.92 Å². The van der Waals surface area contributed by atoms with Crippen LogP contribution in [0.4, 0.5) is 5.69 Å². The fourth-order valence-electron chi connectivity index (χ4n) is 4.64. The van der Waals surface area contributed by atoms with Gasteiger partial charge in [0.25, 0.3) is 10.0 Å². The Morgan fingerprint density at radius 3 is 2.07 bits per heavy atom. The number of aryl methyl sites for hydroxylation is 1. The molecule has 1 unspecified atom stereocenters. The Morgan fingerprint density at radius 2 is 1.45 bits per heavy atom. The molecule has 0 spiro atoms. The van der Waals surface area contributed by atoms with Gasteiger partial charge in [-0.25, -0.2) is 8.42 Å². The molecule has 0 radical (unpaired) electrons. The predicted molar refractivity (Wildman–Crippen MR) is 167 cm³/mol. The molecule has 1 N–H and O–H groups in total. The van der Waals surface area contributed by atoms with Crippen LogP contribution in [-0.4, -0.2) is 44.3 Å². The fraction of sp³-hybridized carbons (Fsp3) is 0.212. The number of likely N-dealkylation sites (N-methyl/N-ethyl adjacent to an activating group) is 1. The standard InChI is InChI=1S/C33H34ClN3O4S/c1-3-35-33(39)31(22-26-11-6-4-7-12-26)36(23-27-13-10-14-28(34)21-27)32(38)24-37(29-19-17-25(2)18-20-29)42(40,41)30-15-8-5-9-16-30/h4-21,31H,3,22-24H2,1-2H3,(H,35,39). The number of anilines is 1. The van der Waals surface area contributed by atoms with Gasteiger partial charge < -0.3 is 10.2 Å². The Balaban J connectivity index is 1.78. The molecule has 0 saturated carbocycles. The maximum Gasteiger partial charge on any atom is 0.264 e. The molecular formula is C33H34ClN3O4S. The summed E-state index contributed by atoms with van der Waals surface area (Å²) in [6.07, 6.45) is 0.245. The Morgan fingerprint density at radius 1 is 0.833 bits per heavy atom. The second kappa shape index (κ2) is 14.2. The van der Waals surface area contributed by atoms with Crippen molar-refractivity contribution in [3.63, 3.8) is 0 Å². The van der Waals surface area contributed by atoms with Crippen molar-refractivity contribution in [3.05, 3.63) is 131 Å². The normalized spacial score (nSPS) is 11.9. The predicted octanol–water partition coefficient (Wildman–Crippen LogP) is 5.62. The van der Waals surface area contributed by atoms with E-state index in [-0.39, 0.29) is 23.8 Å². The zero-order chi connectivity index (χ0) is 30.1. The molecular weight excluding hydrogens is 570 g/mol. The Bertz CT molecular complexity index is 1600. The van der Waals surface area contributed by atoms with Crippen LogP contribution in [0.25, 0.3) is 0 Å². The zero-order valence-electron chi connectivity index (χ0n) is 23.6. The minimum absolute atomic E-state index is 0.0567. The van der Waals surface area contributed by atoms with Crippen LogP contribution < -0.4 is 9.62 Å². The smallest absolute Gasteiger partial charge is 0.264 e. The quantitative estimate of drug-likeness (QED) is 0.228. The highest BCUT2D eigenvalue weighted by Crippen LogP contribution is 2.25. The summed E-state index contributed by atoms with van der Waals surface area (Å²) in [5.41, 5.74) is 2.87. The molecule has 4 aromatic rings. The third-order valence-corrected chi connectivity index (χ3v) is 8.82. The largest absolute Gasteiger partial charge is 0.355 e. The van der Waals surface area contributed by atoms with Crippen LogP contribution in [0.1, 0.15) is 23.6 Å². The van der Waals surface area contributed by atoms with E-state index in [9.17, 15) is 18.0 Å². The van der Waals surface area contributed by atoms with E-state index in [1.807, 2.05) is 50.2 Å². The average molecular weight is 604 g/mol. The SMILES string of the molecule is CCNC(=O)C(Cc1ccccc1)N(Cc1cccc(Cl)c1)C(=O)CN(c1ccc(C)cc1)S(=O)(=O)c1ccccc1. The Labute approximate surface area is 252 Å². The molecule has 1 atom stereocenters. The fourth-order valence-corrected chi connectivity index (χ4v) is 6.29. The summed E-state index contributed by atoms with van der Waals surface area (Å²) in [6.45, 7) is 3.64. The van der Waals surface area contributed by atoms with E-state index in [4.69, 9.17) is 11.6 Å². The van der Waals surface area contributed by atoms with E-state index in [0.717, 1.165) is 15.4 Å². The second-order valence-corrected chi connectivity index (χ2v) is 12.2. The van der Waals surface area contributed by atoms with Gasteiger partial charge in [-0.1, -0.05) is 90.0 Å². The second-order valence-electron chi connectivity index (χ2n) is 9.91. The van der Waals surface area contributed by atoms with Gasteiger partial charge in [-0.2, -0.15) is 0 Å². The summed E-state index contributed by atoms with van der Waals surface area (Å²) >= 11 is 6.26. The van der Waals surface area contributed by atoms with Crippen molar-refractivity contribution in [1.82, 2.24) is 10.2 Å². The molecule has 0 heterocycles. The molecule has 0 fully saturated rings. The number of carbonyl (C=O) groups is 2. The van der Waals surface area contributed by atoms with Crippen LogP contribution in [-0.2, 0) is 32.6 Å².